The molecule has 202 valence electrons. The molecule has 0 N–H and O–H groups in total. The predicted octanol–water partition coefficient (Wildman–Crippen LogP) is 8.52. The molecule has 5 aromatic carbocycles. The van der Waals surface area contributed by atoms with Crippen LogP contribution in [-0.4, -0.2) is 28.7 Å². The largest absolute Gasteiger partial charge is 0.293 e. The molecule has 9 rings (SSSR count). The molecule has 0 radical (unpaired) electrons. The minimum atomic E-state index is 0.761. The topological polar surface area (TPSA) is 53.5 Å². The molecule has 6 nitrogen and oxygen atoms in total. The van der Waals surface area contributed by atoms with E-state index in [1.54, 1.807) is 0 Å². The Labute approximate surface area is 246 Å². The predicted molar refractivity (Wildman–Crippen MR) is 173 cm³/mol. The van der Waals surface area contributed by atoms with E-state index in [9.17, 15) is 0 Å². The van der Waals surface area contributed by atoms with Crippen LogP contribution in [0.1, 0.15) is 0 Å². The van der Waals surface area contributed by atoms with E-state index in [0.29, 0.717) is 0 Å². The first-order valence-electron chi connectivity index (χ1n) is 14.3. The summed E-state index contributed by atoms with van der Waals surface area (Å²) in [6.07, 6.45) is 1.95. The molecule has 0 bridgehead atoms. The fourth-order valence-corrected chi connectivity index (χ4v) is 6.24. The Morgan fingerprint density at radius 2 is 0.884 bits per heavy atom. The number of rotatable bonds is 4. The molecule has 0 atom stereocenters. The standard InChI is InChI=1S/C37H24N6/c1-4-14-25(15-5-1)32-24-38-37(42(32)27-18-8-3-9-19-27)43-31-23-13-11-21-29(31)34-36(43)40-33-28-20-10-12-22-30(28)41(35(33)39-34)26-16-6-2-7-17-26/h1-24H. The first kappa shape index (κ1) is 23.7. The van der Waals surface area contributed by atoms with Gasteiger partial charge in [0.05, 0.1) is 22.9 Å². The van der Waals surface area contributed by atoms with E-state index in [-0.39, 0.29) is 0 Å². The first-order chi connectivity index (χ1) is 21.4. The van der Waals surface area contributed by atoms with Crippen molar-refractivity contribution in [2.75, 3.05) is 0 Å². The number of aromatic nitrogens is 6. The highest BCUT2D eigenvalue weighted by atomic mass is 15.3. The molecule has 4 heterocycles. The molecular formula is C37H24N6. The molecule has 0 saturated carbocycles. The van der Waals surface area contributed by atoms with Crippen LogP contribution in [-0.2, 0) is 0 Å². The van der Waals surface area contributed by atoms with Gasteiger partial charge in [0.2, 0.25) is 5.95 Å². The zero-order valence-electron chi connectivity index (χ0n) is 23.0. The number of para-hydroxylation sites is 4. The van der Waals surface area contributed by atoms with E-state index in [2.05, 4.69) is 135 Å². The second kappa shape index (κ2) is 9.26. The van der Waals surface area contributed by atoms with E-state index < -0.39 is 0 Å². The zero-order chi connectivity index (χ0) is 28.3. The van der Waals surface area contributed by atoms with Gasteiger partial charge in [0.25, 0.3) is 0 Å². The van der Waals surface area contributed by atoms with Gasteiger partial charge in [-0.25, -0.2) is 15.0 Å². The van der Waals surface area contributed by atoms with Crippen LogP contribution in [0.4, 0.5) is 0 Å². The quantitative estimate of drug-likeness (QED) is 0.220. The Bertz CT molecular complexity index is 2430. The monoisotopic (exact) mass is 552 g/mol. The van der Waals surface area contributed by atoms with Gasteiger partial charge in [-0.2, -0.15) is 0 Å². The minimum absolute atomic E-state index is 0.761. The summed E-state index contributed by atoms with van der Waals surface area (Å²) in [5, 5.41) is 2.09. The maximum atomic E-state index is 5.41. The van der Waals surface area contributed by atoms with E-state index in [4.69, 9.17) is 15.0 Å². The summed E-state index contributed by atoms with van der Waals surface area (Å²) >= 11 is 0. The molecule has 4 aromatic heterocycles. The molecule has 0 amide bonds. The van der Waals surface area contributed by atoms with Crippen molar-refractivity contribution in [3.63, 3.8) is 0 Å². The van der Waals surface area contributed by atoms with Gasteiger partial charge in [0.15, 0.2) is 11.3 Å². The molecule has 0 aliphatic rings. The van der Waals surface area contributed by atoms with E-state index in [1.807, 2.05) is 24.4 Å². The minimum Gasteiger partial charge on any atom is -0.293 e. The van der Waals surface area contributed by atoms with Crippen LogP contribution in [0.2, 0.25) is 0 Å². The van der Waals surface area contributed by atoms with Crippen LogP contribution in [0.25, 0.3) is 72.7 Å². The van der Waals surface area contributed by atoms with Crippen LogP contribution in [0.5, 0.6) is 0 Å². The van der Waals surface area contributed by atoms with E-state index in [1.165, 1.54) is 0 Å². The molecule has 0 saturated heterocycles. The summed E-state index contributed by atoms with van der Waals surface area (Å²) in [6.45, 7) is 0. The van der Waals surface area contributed by atoms with Gasteiger partial charge < -0.3 is 0 Å². The molecule has 0 unspecified atom stereocenters. The Kier molecular flexibility index (Phi) is 5.10. The summed E-state index contributed by atoms with van der Waals surface area (Å²) < 4.78 is 6.58. The molecule has 0 aliphatic carbocycles. The van der Waals surface area contributed by atoms with Crippen molar-refractivity contribution in [3.8, 4) is 28.6 Å². The lowest BCUT2D eigenvalue weighted by Gasteiger charge is -2.14. The zero-order valence-corrected chi connectivity index (χ0v) is 23.0. The average Bonchev–Trinajstić information content (AvgIpc) is 3.75. The van der Waals surface area contributed by atoms with Crippen LogP contribution < -0.4 is 0 Å². The molecular weight excluding hydrogens is 528 g/mol. The number of hydrogen-bond acceptors (Lipinski definition) is 3. The van der Waals surface area contributed by atoms with Crippen molar-refractivity contribution < 1.29 is 0 Å². The van der Waals surface area contributed by atoms with Gasteiger partial charge in [-0.05, 0) is 36.4 Å². The number of imidazole rings is 1. The molecule has 0 fully saturated rings. The second-order valence-corrected chi connectivity index (χ2v) is 10.6. The van der Waals surface area contributed by atoms with Crippen molar-refractivity contribution in [2.24, 2.45) is 0 Å². The summed E-state index contributed by atoms with van der Waals surface area (Å²) in [5.74, 6) is 0.761. The smallest absolute Gasteiger partial charge is 0.221 e. The summed E-state index contributed by atoms with van der Waals surface area (Å²) in [7, 11) is 0. The second-order valence-electron chi connectivity index (χ2n) is 10.6. The number of benzene rings is 5. The lowest BCUT2D eigenvalue weighted by Crippen LogP contribution is -2.07. The van der Waals surface area contributed by atoms with E-state index in [0.717, 1.165) is 72.7 Å². The Hall–Kier alpha value is -6.01. The van der Waals surface area contributed by atoms with Crippen molar-refractivity contribution in [1.29, 1.82) is 0 Å². The third kappa shape index (κ3) is 3.50. The Morgan fingerprint density at radius 1 is 0.419 bits per heavy atom. The number of fused-ring (bicyclic) bond motifs is 6. The van der Waals surface area contributed by atoms with E-state index >= 15 is 0 Å². The molecule has 43 heavy (non-hydrogen) atoms. The van der Waals surface area contributed by atoms with Gasteiger partial charge >= 0.3 is 0 Å². The fraction of sp³-hybridized carbons (Fsp3) is 0. The van der Waals surface area contributed by atoms with Gasteiger partial charge in [0.1, 0.15) is 11.0 Å². The highest BCUT2D eigenvalue weighted by Crippen LogP contribution is 2.37. The van der Waals surface area contributed by atoms with Gasteiger partial charge in [0, 0.05) is 27.7 Å². The summed E-state index contributed by atoms with van der Waals surface area (Å²) in [6, 6.07) is 47.9. The maximum absolute atomic E-state index is 5.41. The number of hydrogen-bond donors (Lipinski definition) is 0. The average molecular weight is 553 g/mol. The third-order valence-electron chi connectivity index (χ3n) is 8.12. The normalized spacial score (nSPS) is 11.7. The fourth-order valence-electron chi connectivity index (χ4n) is 6.24. The molecule has 0 aliphatic heterocycles. The van der Waals surface area contributed by atoms with Crippen molar-refractivity contribution >= 4 is 44.1 Å². The lowest BCUT2D eigenvalue weighted by molar-refractivity contribution is 0.933. The Morgan fingerprint density at radius 3 is 1.49 bits per heavy atom. The van der Waals surface area contributed by atoms with Gasteiger partial charge in [-0.15, -0.1) is 0 Å². The van der Waals surface area contributed by atoms with Crippen molar-refractivity contribution in [1.82, 2.24) is 28.7 Å². The number of nitrogens with zero attached hydrogens (tertiary/aromatic N) is 6. The first-order valence-corrected chi connectivity index (χ1v) is 14.3. The molecule has 6 heteroatoms. The lowest BCUT2D eigenvalue weighted by atomic mass is 10.1. The Balaban J connectivity index is 1.42. The summed E-state index contributed by atoms with van der Waals surface area (Å²) in [5.41, 5.74) is 9.54. The highest BCUT2D eigenvalue weighted by molar-refractivity contribution is 6.12. The van der Waals surface area contributed by atoms with Crippen LogP contribution in [0, 0.1) is 0 Å². The third-order valence-corrected chi connectivity index (χ3v) is 8.12. The van der Waals surface area contributed by atoms with Gasteiger partial charge in [-0.3, -0.25) is 13.7 Å². The molecule has 9 aromatic rings. The van der Waals surface area contributed by atoms with Crippen LogP contribution in [0.15, 0.2) is 146 Å². The van der Waals surface area contributed by atoms with Crippen molar-refractivity contribution in [3.05, 3.63) is 146 Å². The van der Waals surface area contributed by atoms with Crippen LogP contribution in [0.3, 0.4) is 0 Å². The molecule has 0 spiro atoms. The maximum Gasteiger partial charge on any atom is 0.221 e. The summed E-state index contributed by atoms with van der Waals surface area (Å²) in [4.78, 5) is 15.8. The van der Waals surface area contributed by atoms with Gasteiger partial charge in [-0.1, -0.05) is 103 Å². The highest BCUT2D eigenvalue weighted by Gasteiger charge is 2.24. The SMILES string of the molecule is c1ccc(-c2cnc(-n3c4ccccc4c4nc5c(nc43)c3ccccc3n5-c3ccccc3)n2-c2ccccc2)cc1. The van der Waals surface area contributed by atoms with Crippen molar-refractivity contribution in [2.45, 2.75) is 0 Å². The van der Waals surface area contributed by atoms with Crippen LogP contribution >= 0.6 is 0 Å².